The van der Waals surface area contributed by atoms with Gasteiger partial charge in [-0.1, -0.05) is 28.1 Å². The van der Waals surface area contributed by atoms with Gasteiger partial charge in [-0.05, 0) is 49.2 Å². The highest BCUT2D eigenvalue weighted by Crippen LogP contribution is 2.34. The van der Waals surface area contributed by atoms with E-state index in [2.05, 4.69) is 31.3 Å². The van der Waals surface area contributed by atoms with Crippen LogP contribution in [0.4, 0.5) is 5.69 Å². The van der Waals surface area contributed by atoms with Gasteiger partial charge in [-0.2, -0.15) is 5.10 Å². The van der Waals surface area contributed by atoms with Crippen LogP contribution in [0.3, 0.4) is 0 Å². The number of nitrogens with zero attached hydrogens (tertiary/aromatic N) is 3. The Balaban J connectivity index is 1.69. The van der Waals surface area contributed by atoms with E-state index in [-0.39, 0.29) is 12.3 Å². The summed E-state index contributed by atoms with van der Waals surface area (Å²) in [6.45, 7) is 5.48. The van der Waals surface area contributed by atoms with Crippen LogP contribution in [-0.2, 0) is 17.8 Å². The van der Waals surface area contributed by atoms with Gasteiger partial charge in [-0.25, -0.2) is 9.67 Å². The molecule has 152 valence electrons. The van der Waals surface area contributed by atoms with Gasteiger partial charge in [0.2, 0.25) is 5.91 Å². The van der Waals surface area contributed by atoms with Gasteiger partial charge in [0.15, 0.2) is 11.5 Å². The Morgan fingerprint density at radius 2 is 1.90 bits per heavy atom. The normalized spacial score (nSPS) is 10.6. The van der Waals surface area contributed by atoms with E-state index in [1.807, 2.05) is 50.2 Å². The monoisotopic (exact) mass is 458 g/mol. The summed E-state index contributed by atoms with van der Waals surface area (Å²) in [5, 5.41) is 7.05. The quantitative estimate of drug-likeness (QED) is 0.522. The highest BCUT2D eigenvalue weighted by Gasteiger charge is 2.14. The summed E-state index contributed by atoms with van der Waals surface area (Å²) in [6.07, 6.45) is 3.36. The van der Waals surface area contributed by atoms with Crippen molar-refractivity contribution in [3.63, 3.8) is 0 Å². The minimum atomic E-state index is -0.116. The van der Waals surface area contributed by atoms with Crippen LogP contribution in [0.1, 0.15) is 25.0 Å². The Hall–Kier alpha value is -2.87. The lowest BCUT2D eigenvalue weighted by molar-refractivity contribution is -0.115. The molecule has 0 aliphatic rings. The molecule has 1 N–H and O–H groups in total. The van der Waals surface area contributed by atoms with E-state index in [1.54, 1.807) is 11.0 Å². The number of carbonyl (C=O) groups excluding carboxylic acids is 1. The number of hydrogen-bond acceptors (Lipinski definition) is 5. The third-order valence-electron chi connectivity index (χ3n) is 4.09. The number of rotatable bonds is 9. The van der Waals surface area contributed by atoms with Crippen molar-refractivity contribution in [2.24, 2.45) is 0 Å². The number of hydrogen-bond donors (Lipinski definition) is 1. The first-order chi connectivity index (χ1) is 14.1. The number of ether oxygens (including phenoxy) is 2. The van der Waals surface area contributed by atoms with Crippen LogP contribution in [0, 0.1) is 0 Å². The number of halogens is 1. The molecule has 1 amide bonds. The highest BCUT2D eigenvalue weighted by molar-refractivity contribution is 9.10. The second kappa shape index (κ2) is 10.1. The standard InChI is InChI=1S/C21H23BrN4O3/c1-3-28-19-9-16(18(22)11-20(19)29-4-2)10-21(27)25-17-7-5-6-15(8-17)12-26-14-23-13-24-26/h5-9,11,13-14H,3-4,10,12H2,1-2H3,(H,25,27). The van der Waals surface area contributed by atoms with Gasteiger partial charge in [0.1, 0.15) is 12.7 Å². The molecule has 0 bridgehead atoms. The Bertz CT molecular complexity index is 961. The van der Waals surface area contributed by atoms with Crippen LogP contribution in [0.15, 0.2) is 53.5 Å². The van der Waals surface area contributed by atoms with Gasteiger partial charge in [0.05, 0.1) is 26.2 Å². The van der Waals surface area contributed by atoms with E-state index in [9.17, 15) is 4.79 Å². The molecule has 1 heterocycles. The minimum absolute atomic E-state index is 0.116. The van der Waals surface area contributed by atoms with E-state index >= 15 is 0 Å². The molecule has 3 rings (SSSR count). The molecule has 3 aromatic rings. The van der Waals surface area contributed by atoms with E-state index < -0.39 is 0 Å². The summed E-state index contributed by atoms with van der Waals surface area (Å²) in [4.78, 5) is 16.6. The SMILES string of the molecule is CCOc1cc(Br)c(CC(=O)Nc2cccc(Cn3cncn3)c2)cc1OCC. The molecule has 0 unspecified atom stereocenters. The zero-order valence-corrected chi connectivity index (χ0v) is 18.0. The first kappa shape index (κ1) is 20.9. The van der Waals surface area contributed by atoms with Crippen molar-refractivity contribution < 1.29 is 14.3 Å². The number of amides is 1. The zero-order chi connectivity index (χ0) is 20.6. The number of anilines is 1. The summed E-state index contributed by atoms with van der Waals surface area (Å²) in [5.74, 6) is 1.18. The zero-order valence-electron chi connectivity index (χ0n) is 16.4. The minimum Gasteiger partial charge on any atom is -0.490 e. The molecule has 0 saturated heterocycles. The van der Waals surface area contributed by atoms with E-state index in [4.69, 9.17) is 9.47 Å². The topological polar surface area (TPSA) is 78.3 Å². The van der Waals surface area contributed by atoms with Crippen molar-refractivity contribution in [3.05, 3.63) is 64.7 Å². The Morgan fingerprint density at radius 1 is 1.14 bits per heavy atom. The van der Waals surface area contributed by atoms with Crippen molar-refractivity contribution in [1.82, 2.24) is 14.8 Å². The lowest BCUT2D eigenvalue weighted by atomic mass is 10.1. The first-order valence-corrected chi connectivity index (χ1v) is 10.2. The molecule has 0 spiro atoms. The molecule has 0 radical (unpaired) electrons. The Labute approximate surface area is 178 Å². The smallest absolute Gasteiger partial charge is 0.228 e. The fraction of sp³-hybridized carbons (Fsp3) is 0.286. The van der Waals surface area contributed by atoms with Crippen LogP contribution < -0.4 is 14.8 Å². The van der Waals surface area contributed by atoms with Gasteiger partial charge in [0.25, 0.3) is 0 Å². The van der Waals surface area contributed by atoms with E-state index in [1.165, 1.54) is 6.33 Å². The van der Waals surface area contributed by atoms with Crippen molar-refractivity contribution in [2.45, 2.75) is 26.8 Å². The van der Waals surface area contributed by atoms with Crippen LogP contribution >= 0.6 is 15.9 Å². The molecule has 0 fully saturated rings. The summed E-state index contributed by atoms with van der Waals surface area (Å²) in [5.41, 5.74) is 2.59. The fourth-order valence-electron chi connectivity index (χ4n) is 2.88. The Kier molecular flexibility index (Phi) is 7.24. The van der Waals surface area contributed by atoms with Crippen LogP contribution in [-0.4, -0.2) is 33.9 Å². The summed E-state index contributed by atoms with van der Waals surface area (Å²) < 4.78 is 13.8. The third kappa shape index (κ3) is 5.80. The van der Waals surface area contributed by atoms with Gasteiger partial charge < -0.3 is 14.8 Å². The molecule has 0 aliphatic carbocycles. The third-order valence-corrected chi connectivity index (χ3v) is 4.82. The molecule has 1 aromatic heterocycles. The summed E-state index contributed by atoms with van der Waals surface area (Å²) >= 11 is 3.53. The second-order valence-electron chi connectivity index (χ2n) is 6.27. The van der Waals surface area contributed by atoms with E-state index in [0.29, 0.717) is 31.3 Å². The van der Waals surface area contributed by atoms with Gasteiger partial charge >= 0.3 is 0 Å². The maximum Gasteiger partial charge on any atom is 0.228 e. The van der Waals surface area contributed by atoms with Gasteiger partial charge in [0, 0.05) is 10.2 Å². The van der Waals surface area contributed by atoms with E-state index in [0.717, 1.165) is 21.3 Å². The molecule has 0 atom stereocenters. The number of nitrogens with one attached hydrogen (secondary N) is 1. The van der Waals surface area contributed by atoms with Crippen LogP contribution in [0.25, 0.3) is 0 Å². The summed E-state index contributed by atoms with van der Waals surface area (Å²) in [6, 6.07) is 11.4. The maximum absolute atomic E-state index is 12.6. The van der Waals surface area contributed by atoms with Crippen molar-refractivity contribution in [1.29, 1.82) is 0 Å². The van der Waals surface area contributed by atoms with Crippen molar-refractivity contribution >= 4 is 27.5 Å². The maximum atomic E-state index is 12.6. The molecule has 2 aromatic carbocycles. The van der Waals surface area contributed by atoms with Crippen LogP contribution in [0.2, 0.25) is 0 Å². The second-order valence-corrected chi connectivity index (χ2v) is 7.13. The van der Waals surface area contributed by atoms with Crippen molar-refractivity contribution in [3.8, 4) is 11.5 Å². The molecular formula is C21H23BrN4O3. The highest BCUT2D eigenvalue weighted by atomic mass is 79.9. The van der Waals surface area contributed by atoms with Crippen molar-refractivity contribution in [2.75, 3.05) is 18.5 Å². The predicted octanol–water partition coefficient (Wildman–Crippen LogP) is 4.07. The fourth-order valence-corrected chi connectivity index (χ4v) is 3.34. The largest absolute Gasteiger partial charge is 0.490 e. The molecule has 7 nitrogen and oxygen atoms in total. The average molecular weight is 459 g/mol. The molecular weight excluding hydrogens is 436 g/mol. The van der Waals surface area contributed by atoms with Gasteiger partial charge in [-0.15, -0.1) is 0 Å². The number of aromatic nitrogens is 3. The van der Waals surface area contributed by atoms with Crippen LogP contribution in [0.5, 0.6) is 11.5 Å². The molecule has 0 aliphatic heterocycles. The molecule has 29 heavy (non-hydrogen) atoms. The molecule has 8 heteroatoms. The average Bonchev–Trinajstić information content (AvgIpc) is 3.19. The Morgan fingerprint density at radius 3 is 2.59 bits per heavy atom. The molecule has 0 saturated carbocycles. The predicted molar refractivity (Wildman–Crippen MR) is 114 cm³/mol. The summed E-state index contributed by atoms with van der Waals surface area (Å²) in [7, 11) is 0. The first-order valence-electron chi connectivity index (χ1n) is 9.38. The lowest BCUT2D eigenvalue weighted by Gasteiger charge is -2.14. The lowest BCUT2D eigenvalue weighted by Crippen LogP contribution is -2.15. The number of benzene rings is 2. The van der Waals surface area contributed by atoms with Gasteiger partial charge in [-0.3, -0.25) is 4.79 Å². The number of carbonyl (C=O) groups is 1.